The predicted molar refractivity (Wildman–Crippen MR) is 76.6 cm³/mol. The van der Waals surface area contributed by atoms with Crippen molar-refractivity contribution in [2.45, 2.75) is 18.6 Å². The molecule has 0 aliphatic rings. The summed E-state index contributed by atoms with van der Waals surface area (Å²) in [5.74, 6) is -0.464. The number of carbonyl (C=O) groups excluding carboxylic acids is 1. The number of H-pyrrole nitrogens is 1. The summed E-state index contributed by atoms with van der Waals surface area (Å²) in [6.45, 7) is 2.81. The summed E-state index contributed by atoms with van der Waals surface area (Å²) in [5, 5.41) is 0.984. The number of carbonyl (C=O) groups is 1. The summed E-state index contributed by atoms with van der Waals surface area (Å²) in [4.78, 5) is 15.4. The standard InChI is InChI=1S/C13H14ClNO3S/c1-13(2,19(3,17)18)12(16)8-7-15-10-6-4-5-9(14)11(8)10/h4-7,15H,1-3H3. The Morgan fingerprint density at radius 2 is 1.95 bits per heavy atom. The average Bonchev–Trinajstić information content (AvgIpc) is 2.71. The van der Waals surface area contributed by atoms with Gasteiger partial charge < -0.3 is 4.98 Å². The zero-order valence-electron chi connectivity index (χ0n) is 10.8. The molecule has 1 N–H and O–H groups in total. The van der Waals surface area contributed by atoms with Crippen LogP contribution in [0.1, 0.15) is 24.2 Å². The monoisotopic (exact) mass is 299 g/mol. The molecule has 1 aromatic carbocycles. The second kappa shape index (κ2) is 4.35. The molecule has 1 aromatic heterocycles. The predicted octanol–water partition coefficient (Wildman–Crippen LogP) is 2.83. The summed E-state index contributed by atoms with van der Waals surface area (Å²) >= 11 is 6.09. The first-order valence-corrected chi connectivity index (χ1v) is 7.93. The zero-order valence-corrected chi connectivity index (χ0v) is 12.4. The van der Waals surface area contributed by atoms with E-state index in [0.29, 0.717) is 21.5 Å². The first-order chi connectivity index (χ1) is 8.66. The van der Waals surface area contributed by atoms with E-state index >= 15 is 0 Å². The minimum Gasteiger partial charge on any atom is -0.360 e. The maximum absolute atomic E-state index is 12.5. The van der Waals surface area contributed by atoms with E-state index in [1.807, 2.05) is 0 Å². The quantitative estimate of drug-likeness (QED) is 0.886. The molecule has 102 valence electrons. The van der Waals surface area contributed by atoms with Crippen LogP contribution in [-0.2, 0) is 9.84 Å². The van der Waals surface area contributed by atoms with Gasteiger partial charge in [0.25, 0.3) is 0 Å². The number of ketones is 1. The smallest absolute Gasteiger partial charge is 0.185 e. The van der Waals surface area contributed by atoms with Gasteiger partial charge in [0.1, 0.15) is 4.75 Å². The molecule has 0 saturated heterocycles. The van der Waals surface area contributed by atoms with Crippen molar-refractivity contribution in [1.29, 1.82) is 0 Å². The largest absolute Gasteiger partial charge is 0.360 e. The fraction of sp³-hybridized carbons (Fsp3) is 0.308. The van der Waals surface area contributed by atoms with Gasteiger partial charge in [-0.2, -0.15) is 0 Å². The molecule has 0 aliphatic heterocycles. The first kappa shape index (κ1) is 14.1. The SMILES string of the molecule is CC(C)(C(=O)c1c[nH]c2cccc(Cl)c12)S(C)(=O)=O. The van der Waals surface area contributed by atoms with Crippen molar-refractivity contribution in [3.63, 3.8) is 0 Å². The highest BCUT2D eigenvalue weighted by molar-refractivity contribution is 7.92. The molecular formula is C13H14ClNO3S. The van der Waals surface area contributed by atoms with Crippen LogP contribution < -0.4 is 0 Å². The molecule has 2 aromatic rings. The van der Waals surface area contributed by atoms with E-state index < -0.39 is 20.4 Å². The van der Waals surface area contributed by atoms with Crippen molar-refractivity contribution in [3.8, 4) is 0 Å². The number of sulfone groups is 1. The normalized spacial score (nSPS) is 12.8. The van der Waals surface area contributed by atoms with Crippen molar-refractivity contribution in [2.75, 3.05) is 6.26 Å². The summed E-state index contributed by atoms with van der Waals surface area (Å²) in [6.07, 6.45) is 2.56. The molecule has 0 spiro atoms. The summed E-state index contributed by atoms with van der Waals surface area (Å²) in [7, 11) is -3.52. The number of aromatic amines is 1. The number of halogens is 1. The second-order valence-electron chi connectivity index (χ2n) is 4.98. The number of aromatic nitrogens is 1. The van der Waals surface area contributed by atoms with Crippen molar-refractivity contribution in [2.24, 2.45) is 0 Å². The van der Waals surface area contributed by atoms with Crippen molar-refractivity contribution < 1.29 is 13.2 Å². The first-order valence-electron chi connectivity index (χ1n) is 5.66. The molecule has 0 aliphatic carbocycles. The highest BCUT2D eigenvalue weighted by Crippen LogP contribution is 2.31. The van der Waals surface area contributed by atoms with Gasteiger partial charge in [-0.3, -0.25) is 4.79 Å². The van der Waals surface area contributed by atoms with Gasteiger partial charge in [-0.1, -0.05) is 17.7 Å². The lowest BCUT2D eigenvalue weighted by Gasteiger charge is -2.20. The van der Waals surface area contributed by atoms with Crippen LogP contribution in [0.3, 0.4) is 0 Å². The number of benzene rings is 1. The molecule has 0 unspecified atom stereocenters. The van der Waals surface area contributed by atoms with Crippen LogP contribution in [0, 0.1) is 0 Å². The van der Waals surface area contributed by atoms with Crippen molar-refractivity contribution >= 4 is 38.1 Å². The summed E-state index contributed by atoms with van der Waals surface area (Å²) in [6, 6.07) is 5.21. The van der Waals surface area contributed by atoms with Crippen LogP contribution in [0.4, 0.5) is 0 Å². The van der Waals surface area contributed by atoms with Gasteiger partial charge in [0.15, 0.2) is 15.6 Å². The molecule has 0 saturated carbocycles. The van der Waals surface area contributed by atoms with E-state index in [-0.39, 0.29) is 0 Å². The molecule has 0 fully saturated rings. The van der Waals surface area contributed by atoms with Crippen LogP contribution in [0.25, 0.3) is 10.9 Å². The van der Waals surface area contributed by atoms with E-state index in [1.54, 1.807) is 18.2 Å². The van der Waals surface area contributed by atoms with Crippen LogP contribution in [0.2, 0.25) is 5.02 Å². The highest BCUT2D eigenvalue weighted by atomic mass is 35.5. The topological polar surface area (TPSA) is 67.0 Å². The summed E-state index contributed by atoms with van der Waals surface area (Å²) in [5.41, 5.74) is 1.01. The molecule has 0 atom stereocenters. The molecule has 0 amide bonds. The maximum Gasteiger partial charge on any atom is 0.185 e. The highest BCUT2D eigenvalue weighted by Gasteiger charge is 2.40. The Morgan fingerprint density at radius 3 is 2.53 bits per heavy atom. The van der Waals surface area contributed by atoms with Gasteiger partial charge in [0.05, 0.1) is 5.02 Å². The number of hydrogen-bond donors (Lipinski definition) is 1. The average molecular weight is 300 g/mol. The van der Waals surface area contributed by atoms with E-state index in [0.717, 1.165) is 6.26 Å². The van der Waals surface area contributed by atoms with Gasteiger partial charge in [0, 0.05) is 28.9 Å². The van der Waals surface area contributed by atoms with Crippen molar-refractivity contribution in [1.82, 2.24) is 4.98 Å². The minimum atomic E-state index is -3.52. The Morgan fingerprint density at radius 1 is 1.32 bits per heavy atom. The van der Waals surface area contributed by atoms with Gasteiger partial charge in [-0.05, 0) is 26.0 Å². The molecule has 2 rings (SSSR count). The van der Waals surface area contributed by atoms with Crippen molar-refractivity contribution in [3.05, 3.63) is 35.0 Å². The molecule has 4 nitrogen and oxygen atoms in total. The summed E-state index contributed by atoms with van der Waals surface area (Å²) < 4.78 is 22.0. The van der Waals surface area contributed by atoms with Crippen LogP contribution in [0.15, 0.2) is 24.4 Å². The Bertz CT molecular complexity index is 759. The Hall–Kier alpha value is -1.33. The van der Waals surface area contributed by atoms with Gasteiger partial charge in [-0.15, -0.1) is 0 Å². The molecule has 19 heavy (non-hydrogen) atoms. The van der Waals surface area contributed by atoms with E-state index in [4.69, 9.17) is 11.6 Å². The second-order valence-corrected chi connectivity index (χ2v) is 7.95. The fourth-order valence-corrected chi connectivity index (χ4v) is 2.54. The van der Waals surface area contributed by atoms with Crippen LogP contribution in [0.5, 0.6) is 0 Å². The van der Waals surface area contributed by atoms with E-state index in [9.17, 15) is 13.2 Å². The molecule has 6 heteroatoms. The number of hydrogen-bond acceptors (Lipinski definition) is 3. The lowest BCUT2D eigenvalue weighted by molar-refractivity contribution is 0.0956. The van der Waals surface area contributed by atoms with Gasteiger partial charge in [-0.25, -0.2) is 8.42 Å². The third-order valence-corrected chi connectivity index (χ3v) is 5.73. The van der Waals surface area contributed by atoms with Crippen LogP contribution in [-0.4, -0.2) is 30.2 Å². The van der Waals surface area contributed by atoms with Crippen LogP contribution >= 0.6 is 11.6 Å². The molecule has 1 heterocycles. The van der Waals surface area contributed by atoms with E-state index in [2.05, 4.69) is 4.98 Å². The lowest BCUT2D eigenvalue weighted by atomic mass is 10.00. The number of Topliss-reactive ketones (excluding diaryl/α,β-unsaturated/α-hetero) is 1. The number of nitrogens with one attached hydrogen (secondary N) is 1. The Kier molecular flexibility index (Phi) is 3.23. The van der Waals surface area contributed by atoms with Gasteiger partial charge >= 0.3 is 0 Å². The third-order valence-electron chi connectivity index (χ3n) is 3.37. The fourth-order valence-electron chi connectivity index (χ4n) is 1.81. The maximum atomic E-state index is 12.5. The lowest BCUT2D eigenvalue weighted by Crippen LogP contribution is -2.39. The number of rotatable bonds is 3. The molecular weight excluding hydrogens is 286 g/mol. The molecule has 0 bridgehead atoms. The van der Waals surface area contributed by atoms with Gasteiger partial charge in [0.2, 0.25) is 0 Å². The Labute approximate surface area is 116 Å². The third kappa shape index (κ3) is 2.17. The number of fused-ring (bicyclic) bond motifs is 1. The molecule has 0 radical (unpaired) electrons. The van der Waals surface area contributed by atoms with E-state index in [1.165, 1.54) is 20.0 Å². The Balaban J connectivity index is 2.67. The minimum absolute atomic E-state index is 0.302. The zero-order chi connectivity index (χ0) is 14.4.